The van der Waals surface area contributed by atoms with Crippen molar-refractivity contribution < 1.29 is 18.7 Å². The fraction of sp³-hybridized carbons (Fsp3) is 0.455. The van der Waals surface area contributed by atoms with Gasteiger partial charge in [0.1, 0.15) is 11.8 Å². The molecule has 18 heavy (non-hydrogen) atoms. The molecule has 0 saturated heterocycles. The van der Waals surface area contributed by atoms with Gasteiger partial charge in [-0.15, -0.1) is 0 Å². The number of pyridine rings is 1. The topological polar surface area (TPSA) is 74.2 Å². The Morgan fingerprint density at radius 2 is 2.28 bits per heavy atom. The van der Waals surface area contributed by atoms with Crippen LogP contribution < -0.4 is 10.6 Å². The van der Waals surface area contributed by atoms with Gasteiger partial charge in [0.15, 0.2) is 0 Å². The smallest absolute Gasteiger partial charge is 0.269 e. The lowest BCUT2D eigenvalue weighted by atomic mass is 10.3. The minimum Gasteiger partial charge on any atom is -0.385 e. The number of halogens is 2. The van der Waals surface area contributed by atoms with Crippen molar-refractivity contribution in [3.05, 3.63) is 24.0 Å². The first kappa shape index (κ1) is 14.3. The van der Waals surface area contributed by atoms with Crippen molar-refractivity contribution in [2.24, 2.45) is 0 Å². The van der Waals surface area contributed by atoms with E-state index < -0.39 is 12.5 Å². The maximum atomic E-state index is 12.1. The predicted octanol–water partition coefficient (Wildman–Crippen LogP) is 0.869. The van der Waals surface area contributed by atoms with E-state index in [1.165, 1.54) is 18.3 Å². The van der Waals surface area contributed by atoms with Crippen molar-refractivity contribution in [2.75, 3.05) is 18.4 Å². The zero-order valence-corrected chi connectivity index (χ0v) is 9.86. The molecule has 0 aromatic carbocycles. The number of aliphatic hydroxyl groups excluding tert-OH is 1. The zero-order chi connectivity index (χ0) is 13.5. The highest BCUT2D eigenvalue weighted by atomic mass is 19.3. The number of amides is 1. The number of carbonyl (C=O) groups is 1. The van der Waals surface area contributed by atoms with Crippen molar-refractivity contribution >= 4 is 11.6 Å². The van der Waals surface area contributed by atoms with Crippen molar-refractivity contribution in [1.29, 1.82) is 0 Å². The molecule has 1 unspecified atom stereocenters. The quantitative estimate of drug-likeness (QED) is 0.708. The lowest BCUT2D eigenvalue weighted by Crippen LogP contribution is -2.27. The number of nitrogens with one attached hydrogen (secondary N) is 2. The number of hydrogen-bond acceptors (Lipinski definition) is 4. The molecular weight excluding hydrogens is 244 g/mol. The van der Waals surface area contributed by atoms with Crippen LogP contribution >= 0.6 is 0 Å². The maximum Gasteiger partial charge on any atom is 0.269 e. The summed E-state index contributed by atoms with van der Waals surface area (Å²) in [6, 6.07) is 2.96. The molecule has 3 N–H and O–H groups in total. The van der Waals surface area contributed by atoms with E-state index in [-0.39, 0.29) is 18.1 Å². The Hall–Kier alpha value is -1.76. The first-order valence-electron chi connectivity index (χ1n) is 5.49. The Balaban J connectivity index is 2.62. The summed E-state index contributed by atoms with van der Waals surface area (Å²) in [4.78, 5) is 15.3. The summed E-state index contributed by atoms with van der Waals surface area (Å²) < 4.78 is 24.1. The van der Waals surface area contributed by atoms with Gasteiger partial charge in [-0.2, -0.15) is 0 Å². The monoisotopic (exact) mass is 259 g/mol. The molecule has 0 aliphatic heterocycles. The highest BCUT2D eigenvalue weighted by Gasteiger charge is 2.16. The third kappa shape index (κ3) is 4.25. The highest BCUT2D eigenvalue weighted by molar-refractivity contribution is 5.93. The standard InChI is InChI=1S/C11H15F2N3O2/c1-2-14-11(18)8-5-7(3-4-15-8)16-6-9(17)10(12)13/h3-5,9-10,17H,2,6H2,1H3,(H,14,18)(H,15,16). The zero-order valence-electron chi connectivity index (χ0n) is 9.86. The Bertz CT molecular complexity index is 402. The van der Waals surface area contributed by atoms with Gasteiger partial charge in [-0.25, -0.2) is 8.78 Å². The number of rotatable bonds is 6. The predicted molar refractivity (Wildman–Crippen MR) is 62.7 cm³/mol. The average Bonchev–Trinajstić information content (AvgIpc) is 2.36. The van der Waals surface area contributed by atoms with Crippen molar-refractivity contribution in [3.63, 3.8) is 0 Å². The second-order valence-corrected chi connectivity index (χ2v) is 3.57. The Labute approximate surface area is 103 Å². The number of anilines is 1. The van der Waals surface area contributed by atoms with E-state index in [1.54, 1.807) is 6.92 Å². The number of nitrogens with zero attached hydrogens (tertiary/aromatic N) is 1. The van der Waals surface area contributed by atoms with Crippen LogP contribution in [0.15, 0.2) is 18.3 Å². The molecule has 0 aliphatic carbocycles. The van der Waals surface area contributed by atoms with Crippen LogP contribution in [0.2, 0.25) is 0 Å². The number of alkyl halides is 2. The van der Waals surface area contributed by atoms with E-state index in [0.717, 1.165) is 0 Å². The molecule has 0 radical (unpaired) electrons. The second kappa shape index (κ2) is 6.85. The Kier molecular flexibility index (Phi) is 5.44. The van der Waals surface area contributed by atoms with Gasteiger partial charge in [0.25, 0.3) is 12.3 Å². The van der Waals surface area contributed by atoms with Crippen molar-refractivity contribution in [3.8, 4) is 0 Å². The molecule has 1 rings (SSSR count). The number of carbonyl (C=O) groups excluding carboxylic acids is 1. The summed E-state index contributed by atoms with van der Waals surface area (Å²) in [5, 5.41) is 14.1. The molecule has 1 atom stereocenters. The fourth-order valence-corrected chi connectivity index (χ4v) is 1.23. The normalized spacial score (nSPS) is 12.3. The molecule has 1 amide bonds. The average molecular weight is 259 g/mol. The molecule has 1 aromatic rings. The molecule has 0 spiro atoms. The van der Waals surface area contributed by atoms with Crippen LogP contribution in [0.1, 0.15) is 17.4 Å². The van der Waals surface area contributed by atoms with Crippen LogP contribution in [-0.4, -0.2) is 41.6 Å². The molecule has 7 heteroatoms. The molecular formula is C11H15F2N3O2. The van der Waals surface area contributed by atoms with Gasteiger partial charge in [0, 0.05) is 25.0 Å². The van der Waals surface area contributed by atoms with Crippen LogP contribution in [0, 0.1) is 0 Å². The minimum atomic E-state index is -2.80. The second-order valence-electron chi connectivity index (χ2n) is 3.57. The van der Waals surface area contributed by atoms with E-state index >= 15 is 0 Å². The summed E-state index contributed by atoms with van der Waals surface area (Å²) in [5.74, 6) is -0.337. The van der Waals surface area contributed by atoms with Crippen molar-refractivity contribution in [2.45, 2.75) is 19.5 Å². The molecule has 100 valence electrons. The molecule has 0 saturated carbocycles. The lowest BCUT2D eigenvalue weighted by Gasteiger charge is -2.12. The van der Waals surface area contributed by atoms with Gasteiger partial charge >= 0.3 is 0 Å². The summed E-state index contributed by atoms with van der Waals surface area (Å²) in [6.07, 6.45) is -3.16. The highest BCUT2D eigenvalue weighted by Crippen LogP contribution is 2.09. The van der Waals surface area contributed by atoms with E-state index in [1.807, 2.05) is 0 Å². The number of aromatic nitrogens is 1. The van der Waals surface area contributed by atoms with Gasteiger partial charge in [-0.05, 0) is 19.1 Å². The molecule has 0 bridgehead atoms. The molecule has 1 aromatic heterocycles. The number of hydrogen-bond donors (Lipinski definition) is 3. The van der Waals surface area contributed by atoms with Crippen LogP contribution in [0.3, 0.4) is 0 Å². The largest absolute Gasteiger partial charge is 0.385 e. The Morgan fingerprint density at radius 3 is 2.89 bits per heavy atom. The summed E-state index contributed by atoms with van der Waals surface area (Å²) in [7, 11) is 0. The van der Waals surface area contributed by atoms with Gasteiger partial charge < -0.3 is 15.7 Å². The number of aliphatic hydroxyl groups is 1. The van der Waals surface area contributed by atoms with Gasteiger partial charge in [-0.3, -0.25) is 9.78 Å². The summed E-state index contributed by atoms with van der Waals surface area (Å²) >= 11 is 0. The maximum absolute atomic E-state index is 12.1. The SMILES string of the molecule is CCNC(=O)c1cc(NCC(O)C(F)F)ccn1. The fourth-order valence-electron chi connectivity index (χ4n) is 1.23. The van der Waals surface area contributed by atoms with Crippen LogP contribution in [-0.2, 0) is 0 Å². The van der Waals surface area contributed by atoms with Crippen LogP contribution in [0.4, 0.5) is 14.5 Å². The van der Waals surface area contributed by atoms with Gasteiger partial charge in [-0.1, -0.05) is 0 Å². The summed E-state index contributed by atoms with van der Waals surface area (Å²) in [6.45, 7) is 1.96. The first-order chi connectivity index (χ1) is 8.54. The minimum absolute atomic E-state index is 0.188. The molecule has 0 fully saturated rings. The van der Waals surface area contributed by atoms with Gasteiger partial charge in [0.05, 0.1) is 0 Å². The molecule has 5 nitrogen and oxygen atoms in total. The summed E-state index contributed by atoms with van der Waals surface area (Å²) in [5.41, 5.74) is 0.638. The van der Waals surface area contributed by atoms with Crippen LogP contribution in [0.5, 0.6) is 0 Å². The van der Waals surface area contributed by atoms with E-state index in [4.69, 9.17) is 5.11 Å². The lowest BCUT2D eigenvalue weighted by molar-refractivity contribution is 0.00384. The third-order valence-electron chi connectivity index (χ3n) is 2.14. The third-order valence-corrected chi connectivity index (χ3v) is 2.14. The van der Waals surface area contributed by atoms with Crippen molar-refractivity contribution in [1.82, 2.24) is 10.3 Å². The van der Waals surface area contributed by atoms with E-state index in [0.29, 0.717) is 12.2 Å². The molecule has 0 aliphatic rings. The Morgan fingerprint density at radius 1 is 1.56 bits per heavy atom. The van der Waals surface area contributed by atoms with E-state index in [2.05, 4.69) is 15.6 Å². The molecule has 1 heterocycles. The van der Waals surface area contributed by atoms with Crippen LogP contribution in [0.25, 0.3) is 0 Å². The van der Waals surface area contributed by atoms with Gasteiger partial charge in [0.2, 0.25) is 0 Å². The van der Waals surface area contributed by atoms with E-state index in [9.17, 15) is 13.6 Å². The first-order valence-corrected chi connectivity index (χ1v) is 5.49.